The molecule has 40 valence electrons. The summed E-state index contributed by atoms with van der Waals surface area (Å²) >= 11 is 0. The maximum absolute atomic E-state index is 5.11. The van der Waals surface area contributed by atoms with E-state index in [0.29, 0.717) is 12.2 Å². The molecule has 1 spiro atoms. The Hall–Kier alpha value is -0.0800. The number of rotatable bonds is 0. The van der Waals surface area contributed by atoms with Crippen molar-refractivity contribution in [3.05, 3.63) is 0 Å². The topological polar surface area (TPSA) is 25.1 Å². The lowest BCUT2D eigenvalue weighted by atomic mass is 10.3. The summed E-state index contributed by atoms with van der Waals surface area (Å²) in [5.74, 6) is -0.0833. The second-order valence-corrected chi connectivity index (χ2v) is 2.24. The van der Waals surface area contributed by atoms with E-state index in [9.17, 15) is 0 Å². The molecule has 2 fully saturated rings. The van der Waals surface area contributed by atoms with Crippen LogP contribution in [0.5, 0.6) is 0 Å². The molecule has 7 heavy (non-hydrogen) atoms. The molecular formula is C5H8O2. The van der Waals surface area contributed by atoms with E-state index in [1.807, 2.05) is 13.8 Å². The fraction of sp³-hybridized carbons (Fsp3) is 1.00. The van der Waals surface area contributed by atoms with Crippen molar-refractivity contribution >= 4 is 0 Å². The Balaban J connectivity index is 2.11. The zero-order valence-electron chi connectivity index (χ0n) is 4.47. The standard InChI is InChI=1S/C5H8O2/c1-3-5(6-3)4(2)7-5/h3-4H,1-2H3. The molecular weight excluding hydrogens is 92.1 g/mol. The molecule has 0 aromatic carbocycles. The first-order valence-electron chi connectivity index (χ1n) is 2.61. The number of ether oxygens (including phenoxy) is 2. The van der Waals surface area contributed by atoms with Gasteiger partial charge in [-0.3, -0.25) is 0 Å². The molecule has 0 bridgehead atoms. The molecule has 2 unspecified atom stereocenters. The minimum atomic E-state index is -0.0833. The second kappa shape index (κ2) is 0.740. The molecule has 0 saturated carbocycles. The zero-order valence-corrected chi connectivity index (χ0v) is 4.47. The molecule has 0 aromatic rings. The van der Waals surface area contributed by atoms with Crippen LogP contribution in [0.2, 0.25) is 0 Å². The second-order valence-electron chi connectivity index (χ2n) is 2.24. The van der Waals surface area contributed by atoms with Gasteiger partial charge in [-0.25, -0.2) is 0 Å². The molecule has 2 heterocycles. The fourth-order valence-electron chi connectivity index (χ4n) is 1.03. The van der Waals surface area contributed by atoms with Gasteiger partial charge in [0.25, 0.3) is 0 Å². The maximum atomic E-state index is 5.11. The first kappa shape index (κ1) is 3.87. The summed E-state index contributed by atoms with van der Waals surface area (Å²) in [6.45, 7) is 4.06. The molecule has 2 saturated heterocycles. The number of hydrogen-bond acceptors (Lipinski definition) is 2. The summed E-state index contributed by atoms with van der Waals surface area (Å²) in [6.07, 6.45) is 0.727. The minimum Gasteiger partial charge on any atom is -0.337 e. The third-order valence-corrected chi connectivity index (χ3v) is 1.74. The molecule has 2 aliphatic rings. The molecule has 2 heteroatoms. The average Bonchev–Trinajstić information content (AvgIpc) is 2.28. The largest absolute Gasteiger partial charge is 0.337 e. The Morgan fingerprint density at radius 2 is 1.43 bits per heavy atom. The molecule has 0 amide bonds. The summed E-state index contributed by atoms with van der Waals surface area (Å²) in [4.78, 5) is 0. The van der Waals surface area contributed by atoms with E-state index in [2.05, 4.69) is 0 Å². The Bertz CT molecular complexity index is 96.6. The van der Waals surface area contributed by atoms with E-state index in [4.69, 9.17) is 9.47 Å². The van der Waals surface area contributed by atoms with Crippen molar-refractivity contribution in [2.75, 3.05) is 0 Å². The van der Waals surface area contributed by atoms with Crippen LogP contribution in [-0.4, -0.2) is 18.0 Å². The van der Waals surface area contributed by atoms with E-state index >= 15 is 0 Å². The number of hydrogen-bond donors (Lipinski definition) is 0. The molecule has 2 aliphatic heterocycles. The molecule has 0 aliphatic carbocycles. The molecule has 2 atom stereocenters. The van der Waals surface area contributed by atoms with Crippen molar-refractivity contribution in [2.45, 2.75) is 31.8 Å². The van der Waals surface area contributed by atoms with Crippen molar-refractivity contribution in [2.24, 2.45) is 0 Å². The van der Waals surface area contributed by atoms with Crippen LogP contribution in [0.1, 0.15) is 13.8 Å². The van der Waals surface area contributed by atoms with Gasteiger partial charge in [-0.1, -0.05) is 0 Å². The smallest absolute Gasteiger partial charge is 0.222 e. The highest BCUT2D eigenvalue weighted by Gasteiger charge is 2.72. The van der Waals surface area contributed by atoms with Crippen LogP contribution in [0.25, 0.3) is 0 Å². The predicted molar refractivity (Wildman–Crippen MR) is 23.8 cm³/mol. The Morgan fingerprint density at radius 1 is 1.14 bits per heavy atom. The fourth-order valence-corrected chi connectivity index (χ4v) is 1.03. The number of epoxide rings is 2. The lowest BCUT2D eigenvalue weighted by molar-refractivity contribution is 0.249. The van der Waals surface area contributed by atoms with E-state index in [0.717, 1.165) is 0 Å². The van der Waals surface area contributed by atoms with E-state index < -0.39 is 0 Å². The van der Waals surface area contributed by atoms with Gasteiger partial charge < -0.3 is 9.47 Å². The van der Waals surface area contributed by atoms with Crippen molar-refractivity contribution in [1.29, 1.82) is 0 Å². The quantitative estimate of drug-likeness (QED) is 0.414. The van der Waals surface area contributed by atoms with Crippen LogP contribution in [0, 0.1) is 0 Å². The highest BCUT2D eigenvalue weighted by Crippen LogP contribution is 2.54. The first-order chi connectivity index (χ1) is 3.26. The van der Waals surface area contributed by atoms with Crippen LogP contribution in [0.15, 0.2) is 0 Å². The zero-order chi connectivity index (χ0) is 5.07. The summed E-state index contributed by atoms with van der Waals surface area (Å²) in [6, 6.07) is 0. The van der Waals surface area contributed by atoms with Crippen molar-refractivity contribution < 1.29 is 9.47 Å². The lowest BCUT2D eigenvalue weighted by Crippen LogP contribution is -1.91. The van der Waals surface area contributed by atoms with Crippen molar-refractivity contribution in [3.63, 3.8) is 0 Å². The molecule has 0 N–H and O–H groups in total. The Labute approximate surface area is 42.4 Å². The molecule has 0 radical (unpaired) electrons. The van der Waals surface area contributed by atoms with Crippen LogP contribution in [-0.2, 0) is 9.47 Å². The first-order valence-corrected chi connectivity index (χ1v) is 2.61. The third kappa shape index (κ3) is 0.283. The highest BCUT2D eigenvalue weighted by molar-refractivity contribution is 5.07. The van der Waals surface area contributed by atoms with Gasteiger partial charge >= 0.3 is 0 Å². The van der Waals surface area contributed by atoms with Crippen molar-refractivity contribution in [3.8, 4) is 0 Å². The van der Waals surface area contributed by atoms with Crippen LogP contribution >= 0.6 is 0 Å². The highest BCUT2D eigenvalue weighted by atomic mass is 16.9. The van der Waals surface area contributed by atoms with Gasteiger partial charge in [0.1, 0.15) is 12.2 Å². The average molecular weight is 100 g/mol. The van der Waals surface area contributed by atoms with Gasteiger partial charge in [0.15, 0.2) is 0 Å². The van der Waals surface area contributed by atoms with Gasteiger partial charge in [0.05, 0.1) is 0 Å². The summed E-state index contributed by atoms with van der Waals surface area (Å²) < 4.78 is 10.2. The van der Waals surface area contributed by atoms with E-state index in [1.165, 1.54) is 0 Å². The molecule has 2 rings (SSSR count). The van der Waals surface area contributed by atoms with Gasteiger partial charge in [-0.2, -0.15) is 0 Å². The van der Waals surface area contributed by atoms with Crippen LogP contribution in [0.4, 0.5) is 0 Å². The minimum absolute atomic E-state index is 0.0833. The molecule has 2 nitrogen and oxygen atoms in total. The summed E-state index contributed by atoms with van der Waals surface area (Å²) in [7, 11) is 0. The maximum Gasteiger partial charge on any atom is 0.222 e. The van der Waals surface area contributed by atoms with Crippen molar-refractivity contribution in [1.82, 2.24) is 0 Å². The van der Waals surface area contributed by atoms with Crippen LogP contribution < -0.4 is 0 Å². The normalized spacial score (nSPS) is 66.0. The van der Waals surface area contributed by atoms with Crippen LogP contribution in [0.3, 0.4) is 0 Å². The van der Waals surface area contributed by atoms with E-state index in [-0.39, 0.29) is 5.79 Å². The summed E-state index contributed by atoms with van der Waals surface area (Å²) in [5.41, 5.74) is 0. The summed E-state index contributed by atoms with van der Waals surface area (Å²) in [5, 5.41) is 0. The lowest BCUT2D eigenvalue weighted by Gasteiger charge is -1.63. The predicted octanol–water partition coefficient (Wildman–Crippen LogP) is 0.520. The van der Waals surface area contributed by atoms with Gasteiger partial charge in [0.2, 0.25) is 5.79 Å². The Kier molecular flexibility index (Phi) is 0.408. The Morgan fingerprint density at radius 3 is 1.43 bits per heavy atom. The van der Waals surface area contributed by atoms with Gasteiger partial charge in [-0.15, -0.1) is 0 Å². The molecule has 0 aromatic heterocycles. The van der Waals surface area contributed by atoms with E-state index in [1.54, 1.807) is 0 Å². The van der Waals surface area contributed by atoms with Gasteiger partial charge in [0, 0.05) is 0 Å². The SMILES string of the molecule is CC1OC12OC2C. The monoisotopic (exact) mass is 100 g/mol. The third-order valence-electron chi connectivity index (χ3n) is 1.74. The van der Waals surface area contributed by atoms with Gasteiger partial charge in [-0.05, 0) is 13.8 Å².